The molecule has 0 aliphatic carbocycles. The van der Waals surface area contributed by atoms with Crippen molar-refractivity contribution in [2.45, 2.75) is 27.3 Å². The van der Waals surface area contributed by atoms with Crippen LogP contribution < -0.4 is 10.1 Å². The summed E-state index contributed by atoms with van der Waals surface area (Å²) in [5.74, 6) is -0.000718. The van der Waals surface area contributed by atoms with Crippen LogP contribution in [-0.4, -0.2) is 23.3 Å². The summed E-state index contributed by atoms with van der Waals surface area (Å²) >= 11 is 6.31. The van der Waals surface area contributed by atoms with E-state index in [4.69, 9.17) is 16.3 Å². The molecule has 3 aromatic rings. The normalized spacial score (nSPS) is 13.6. The Morgan fingerprint density at radius 2 is 1.64 bits per heavy atom. The average Bonchev–Trinajstić information content (AvgIpc) is 3.03. The Morgan fingerprint density at radius 3 is 2.30 bits per heavy atom. The first-order chi connectivity index (χ1) is 15.9. The van der Waals surface area contributed by atoms with E-state index in [9.17, 15) is 9.59 Å². The van der Waals surface area contributed by atoms with Gasteiger partial charge < -0.3 is 10.1 Å². The van der Waals surface area contributed by atoms with E-state index in [1.54, 1.807) is 6.07 Å². The molecule has 0 atom stereocenters. The highest BCUT2D eigenvalue weighted by Crippen LogP contribution is 2.33. The van der Waals surface area contributed by atoms with Gasteiger partial charge in [-0.15, -0.1) is 0 Å². The second kappa shape index (κ2) is 9.51. The zero-order chi connectivity index (χ0) is 23.5. The molecule has 0 fully saturated rings. The molecular formula is C27H25ClN2O3. The van der Waals surface area contributed by atoms with Gasteiger partial charge in [-0.25, -0.2) is 0 Å². The predicted octanol–water partition coefficient (Wildman–Crippen LogP) is 5.75. The average molecular weight is 461 g/mol. The van der Waals surface area contributed by atoms with E-state index >= 15 is 0 Å². The van der Waals surface area contributed by atoms with Crippen LogP contribution in [0.25, 0.3) is 5.57 Å². The molecule has 0 saturated carbocycles. The van der Waals surface area contributed by atoms with Crippen LogP contribution in [0.2, 0.25) is 5.02 Å². The van der Waals surface area contributed by atoms with Crippen molar-refractivity contribution in [1.82, 2.24) is 4.90 Å². The molecule has 0 spiro atoms. The molecule has 3 aromatic carbocycles. The predicted molar refractivity (Wildman–Crippen MR) is 131 cm³/mol. The lowest BCUT2D eigenvalue weighted by molar-refractivity contribution is -0.137. The van der Waals surface area contributed by atoms with E-state index in [1.165, 1.54) is 4.90 Å². The van der Waals surface area contributed by atoms with Gasteiger partial charge in [0.15, 0.2) is 0 Å². The Morgan fingerprint density at radius 1 is 0.909 bits per heavy atom. The number of halogens is 1. The number of anilines is 1. The number of aryl methyl sites for hydroxylation is 2. The number of nitrogens with zero attached hydrogens (tertiary/aromatic N) is 1. The van der Waals surface area contributed by atoms with Crippen LogP contribution in [0.5, 0.6) is 5.75 Å². The molecule has 33 heavy (non-hydrogen) atoms. The van der Waals surface area contributed by atoms with E-state index in [2.05, 4.69) is 5.32 Å². The van der Waals surface area contributed by atoms with E-state index in [0.29, 0.717) is 34.0 Å². The molecule has 5 nitrogen and oxygen atoms in total. The third kappa shape index (κ3) is 4.64. The smallest absolute Gasteiger partial charge is 0.278 e. The number of ether oxygens (including phenoxy) is 1. The quantitative estimate of drug-likeness (QED) is 0.456. The maximum absolute atomic E-state index is 13.5. The summed E-state index contributed by atoms with van der Waals surface area (Å²) in [6, 6.07) is 20.3. The lowest BCUT2D eigenvalue weighted by atomic mass is 9.99. The molecule has 0 aromatic heterocycles. The van der Waals surface area contributed by atoms with Gasteiger partial charge in [-0.3, -0.25) is 14.5 Å². The third-order valence-corrected chi connectivity index (χ3v) is 6.05. The Bertz CT molecular complexity index is 1250. The van der Waals surface area contributed by atoms with Crippen LogP contribution in [-0.2, 0) is 16.1 Å². The molecule has 1 aliphatic rings. The fraction of sp³-hybridized carbons (Fsp3) is 0.185. The number of amides is 2. The Hall–Kier alpha value is -3.57. The number of benzene rings is 3. The number of hydrogen-bond acceptors (Lipinski definition) is 4. The monoisotopic (exact) mass is 460 g/mol. The standard InChI is InChI=1S/C27H25ClN2O3/c1-4-33-22-13-11-21(12-14-22)29-25-24(19-10-9-17(2)18(3)15-19)26(31)30(27(25)32)16-20-7-5-6-8-23(20)28/h5-15,29H,4,16H2,1-3H3. The van der Waals surface area contributed by atoms with Crippen molar-refractivity contribution in [3.8, 4) is 5.75 Å². The maximum atomic E-state index is 13.5. The molecule has 0 saturated heterocycles. The molecule has 4 rings (SSSR count). The molecule has 0 radical (unpaired) electrons. The van der Waals surface area contributed by atoms with Gasteiger partial charge in [-0.2, -0.15) is 0 Å². The van der Waals surface area contributed by atoms with Crippen LogP contribution in [0.1, 0.15) is 29.2 Å². The lowest BCUT2D eigenvalue weighted by Gasteiger charge is -2.16. The summed E-state index contributed by atoms with van der Waals surface area (Å²) < 4.78 is 5.50. The van der Waals surface area contributed by atoms with Crippen molar-refractivity contribution in [2.24, 2.45) is 0 Å². The number of carbonyl (C=O) groups is 2. The molecule has 1 aliphatic heterocycles. The molecule has 1 N–H and O–H groups in total. The van der Waals surface area contributed by atoms with Gasteiger partial charge >= 0.3 is 0 Å². The largest absolute Gasteiger partial charge is 0.494 e. The van der Waals surface area contributed by atoms with Gasteiger partial charge in [0.2, 0.25) is 0 Å². The zero-order valence-corrected chi connectivity index (χ0v) is 19.6. The highest BCUT2D eigenvalue weighted by molar-refractivity contribution is 6.36. The minimum atomic E-state index is -0.387. The highest BCUT2D eigenvalue weighted by Gasteiger charge is 2.39. The molecule has 0 bridgehead atoms. The van der Waals surface area contributed by atoms with Crippen molar-refractivity contribution >= 4 is 34.7 Å². The van der Waals surface area contributed by atoms with Crippen LogP contribution in [0, 0.1) is 13.8 Å². The van der Waals surface area contributed by atoms with Crippen molar-refractivity contribution in [3.63, 3.8) is 0 Å². The van der Waals surface area contributed by atoms with Crippen LogP contribution in [0.3, 0.4) is 0 Å². The number of carbonyl (C=O) groups excluding carboxylic acids is 2. The van der Waals surface area contributed by atoms with Gasteiger partial charge in [0, 0.05) is 10.7 Å². The second-order valence-electron chi connectivity index (χ2n) is 7.92. The summed E-state index contributed by atoms with van der Waals surface area (Å²) in [5.41, 5.74) is 4.86. The van der Waals surface area contributed by atoms with E-state index in [-0.39, 0.29) is 24.1 Å². The minimum absolute atomic E-state index is 0.0974. The Balaban J connectivity index is 1.73. The molecular weight excluding hydrogens is 436 g/mol. The highest BCUT2D eigenvalue weighted by atomic mass is 35.5. The number of imide groups is 1. The van der Waals surface area contributed by atoms with Crippen molar-refractivity contribution in [2.75, 3.05) is 11.9 Å². The topological polar surface area (TPSA) is 58.6 Å². The summed E-state index contributed by atoms with van der Waals surface area (Å²) in [6.07, 6.45) is 0. The second-order valence-corrected chi connectivity index (χ2v) is 8.33. The van der Waals surface area contributed by atoms with Crippen LogP contribution in [0.15, 0.2) is 72.4 Å². The van der Waals surface area contributed by atoms with Gasteiger partial charge in [0.25, 0.3) is 11.8 Å². The van der Waals surface area contributed by atoms with Crippen LogP contribution in [0.4, 0.5) is 5.69 Å². The Labute approximate surface area is 198 Å². The fourth-order valence-corrected chi connectivity index (χ4v) is 3.94. The summed E-state index contributed by atoms with van der Waals surface area (Å²) in [6.45, 7) is 6.59. The molecule has 2 amide bonds. The number of rotatable bonds is 7. The fourth-order valence-electron chi connectivity index (χ4n) is 3.74. The minimum Gasteiger partial charge on any atom is -0.494 e. The molecule has 1 heterocycles. The first-order valence-electron chi connectivity index (χ1n) is 10.8. The van der Waals surface area contributed by atoms with Gasteiger partial charge in [0.05, 0.1) is 18.7 Å². The van der Waals surface area contributed by atoms with Gasteiger partial charge in [0.1, 0.15) is 11.4 Å². The van der Waals surface area contributed by atoms with Crippen molar-refractivity contribution in [1.29, 1.82) is 0 Å². The third-order valence-electron chi connectivity index (χ3n) is 5.68. The molecule has 168 valence electrons. The number of nitrogens with one attached hydrogen (secondary N) is 1. The SMILES string of the molecule is CCOc1ccc(NC2=C(c3ccc(C)c(C)c3)C(=O)N(Cc3ccccc3Cl)C2=O)cc1. The summed E-state index contributed by atoms with van der Waals surface area (Å²) in [4.78, 5) is 28.2. The van der Waals surface area contributed by atoms with Crippen molar-refractivity contribution in [3.05, 3.63) is 99.7 Å². The van der Waals surface area contributed by atoms with Crippen molar-refractivity contribution < 1.29 is 14.3 Å². The van der Waals surface area contributed by atoms with E-state index in [0.717, 1.165) is 16.9 Å². The summed E-state index contributed by atoms with van der Waals surface area (Å²) in [7, 11) is 0. The maximum Gasteiger partial charge on any atom is 0.278 e. The van der Waals surface area contributed by atoms with E-state index < -0.39 is 0 Å². The number of hydrogen-bond donors (Lipinski definition) is 1. The van der Waals surface area contributed by atoms with Crippen LogP contribution >= 0.6 is 11.6 Å². The van der Waals surface area contributed by atoms with E-state index in [1.807, 2.05) is 81.4 Å². The molecule has 0 unspecified atom stereocenters. The molecule has 6 heteroatoms. The van der Waals surface area contributed by atoms with Gasteiger partial charge in [-0.05, 0) is 73.4 Å². The first kappa shape index (κ1) is 22.6. The lowest BCUT2D eigenvalue weighted by Crippen LogP contribution is -2.32. The first-order valence-corrected chi connectivity index (χ1v) is 11.2. The Kier molecular flexibility index (Phi) is 6.52. The summed E-state index contributed by atoms with van der Waals surface area (Å²) in [5, 5.41) is 3.70. The van der Waals surface area contributed by atoms with Gasteiger partial charge in [-0.1, -0.05) is 48.0 Å². The zero-order valence-electron chi connectivity index (χ0n) is 18.8.